The monoisotopic (exact) mass is 803 g/mol. The number of nitrogens with two attached hydrogens (primary N) is 2. The van der Waals surface area contributed by atoms with Gasteiger partial charge in [-0.05, 0) is 57.0 Å². The van der Waals surface area contributed by atoms with Gasteiger partial charge in [0.25, 0.3) is 17.9 Å². The summed E-state index contributed by atoms with van der Waals surface area (Å²) in [6.45, 7) is 6.66. The average Bonchev–Trinajstić information content (AvgIpc) is 3.73. The first-order valence-corrected chi connectivity index (χ1v) is 19.6. The van der Waals surface area contributed by atoms with Gasteiger partial charge < -0.3 is 40.9 Å². The zero-order valence-electron chi connectivity index (χ0n) is 30.0. The van der Waals surface area contributed by atoms with Crippen LogP contribution in [0.3, 0.4) is 0 Å². The molecule has 0 saturated carbocycles. The second kappa shape index (κ2) is 16.0. The third kappa shape index (κ3) is 8.79. The maximum atomic E-state index is 13.7. The van der Waals surface area contributed by atoms with Crippen LogP contribution in [-0.2, 0) is 53.4 Å². The number of aliphatic carboxylic acids is 1. The molecule has 22 heteroatoms. The molecule has 0 radical (unpaired) electrons. The highest BCUT2D eigenvalue weighted by atomic mass is 32.3. The van der Waals surface area contributed by atoms with Crippen LogP contribution in [-0.4, -0.2) is 107 Å². The van der Waals surface area contributed by atoms with E-state index in [9.17, 15) is 37.3 Å². The molecule has 6 N–H and O–H groups in total. The van der Waals surface area contributed by atoms with Crippen molar-refractivity contribution in [1.29, 1.82) is 0 Å². The molecule has 0 spiro atoms. The van der Waals surface area contributed by atoms with Crippen LogP contribution in [0.4, 0.5) is 10.8 Å². The fourth-order valence-electron chi connectivity index (χ4n) is 6.49. The smallest absolute Gasteiger partial charge is 0.351 e. The number of nitrogens with one attached hydrogen (secondary N) is 1. The lowest BCUT2D eigenvalue weighted by Gasteiger charge is -2.51. The zero-order chi connectivity index (χ0) is 39.7. The molecule has 2 atom stereocenters. The number of hydroxylamine groups is 2. The highest BCUT2D eigenvalue weighted by Crippen LogP contribution is 2.40. The van der Waals surface area contributed by atoms with Gasteiger partial charge in [-0.3, -0.25) is 14.4 Å². The summed E-state index contributed by atoms with van der Waals surface area (Å²) in [5.41, 5.74) is 11.6. The van der Waals surface area contributed by atoms with Gasteiger partial charge in [0.2, 0.25) is 16.6 Å². The Morgan fingerprint density at radius 3 is 2.65 bits per heavy atom. The van der Waals surface area contributed by atoms with Crippen LogP contribution in [0, 0.1) is 11.8 Å². The standard InChI is InChI=1S/C33H41N9O11S2/c1-33(2)24(30(45)42(33)53-55(48,49)50)11-26(43)28(25-18-54-32(35)37-25)38-52-27(31(46)47)17-51-22-4-5-23-20(10-22)6-9-41(29(23)44)21-15-39(8-3-7-34)40(16-21)14-19-12-36-13-19/h4-5,10,15-16,18-19,24,27,36H,3,6-9,11-14,17,34H2,1-2H3,(H3-,35,37,46,47,48,49,50)/b38-28-/t24-,27+/m1/s1. The third-order valence-corrected chi connectivity index (χ3v) is 10.7. The number of ether oxygens (including phenoxy) is 1. The maximum Gasteiger partial charge on any atom is 0.351 e. The Kier molecular flexibility index (Phi) is 11.5. The van der Waals surface area contributed by atoms with Gasteiger partial charge in [-0.1, -0.05) is 5.16 Å². The minimum atomic E-state index is -5.26. The van der Waals surface area contributed by atoms with Crippen molar-refractivity contribution in [1.82, 2.24) is 20.0 Å². The Bertz CT molecular complexity index is 2110. The Labute approximate surface area is 319 Å². The van der Waals surface area contributed by atoms with Gasteiger partial charge in [0.15, 0.2) is 23.2 Å². The number of fused-ring (bicyclic) bond motifs is 1. The predicted molar refractivity (Wildman–Crippen MR) is 192 cm³/mol. The quantitative estimate of drug-likeness (QED) is 0.0313. The number of nitrogen functional groups attached to an aromatic ring is 1. The van der Waals surface area contributed by atoms with Crippen LogP contribution in [0.2, 0.25) is 0 Å². The molecule has 2 saturated heterocycles. The molecular formula is C33H41N9O11S2. The van der Waals surface area contributed by atoms with Gasteiger partial charge in [0.1, 0.15) is 23.7 Å². The number of ketones is 1. The summed E-state index contributed by atoms with van der Waals surface area (Å²) in [6.07, 6.45) is 3.03. The van der Waals surface area contributed by atoms with Crippen LogP contribution in [0.5, 0.6) is 5.75 Å². The van der Waals surface area contributed by atoms with Crippen molar-refractivity contribution in [2.75, 3.05) is 43.4 Å². The second-order valence-electron chi connectivity index (χ2n) is 13.9. The molecule has 2 aromatic heterocycles. The molecule has 0 unspecified atom stereocenters. The van der Waals surface area contributed by atoms with Crippen molar-refractivity contribution >= 4 is 61.8 Å². The summed E-state index contributed by atoms with van der Waals surface area (Å²) in [7, 11) is -5.26. The van der Waals surface area contributed by atoms with E-state index in [-0.39, 0.29) is 22.5 Å². The van der Waals surface area contributed by atoms with Crippen LogP contribution >= 0.6 is 11.3 Å². The molecule has 5 heterocycles. The van der Waals surface area contributed by atoms with Gasteiger partial charge in [0.05, 0.1) is 24.2 Å². The number of carbonyl (C=O) groups excluding carboxylic acids is 3. The van der Waals surface area contributed by atoms with Crippen molar-refractivity contribution in [2.24, 2.45) is 22.7 Å². The molecule has 0 bridgehead atoms. The topological polar surface area (TPSA) is 278 Å². The number of hydrogen-bond acceptors (Lipinski definition) is 16. The lowest BCUT2D eigenvalue weighted by molar-refractivity contribution is -0.781. The van der Waals surface area contributed by atoms with Gasteiger partial charge in [0, 0.05) is 42.9 Å². The van der Waals surface area contributed by atoms with Crippen LogP contribution in [0.25, 0.3) is 0 Å². The summed E-state index contributed by atoms with van der Waals surface area (Å²) < 4.78 is 47.4. The molecular weight excluding hydrogens is 763 g/mol. The Hall–Kier alpha value is -5.00. The number of amides is 2. The summed E-state index contributed by atoms with van der Waals surface area (Å²) >= 11 is 0.968. The number of Topliss-reactive ketones (excluding diaryl/α,β-unsaturated/α-hetero) is 1. The maximum absolute atomic E-state index is 13.7. The van der Waals surface area contributed by atoms with E-state index in [1.165, 1.54) is 19.2 Å². The van der Waals surface area contributed by atoms with E-state index in [1.807, 2.05) is 12.4 Å². The van der Waals surface area contributed by atoms with Gasteiger partial charge in [-0.15, -0.1) is 16.0 Å². The summed E-state index contributed by atoms with van der Waals surface area (Å²) in [6, 6.07) is 4.84. The molecule has 3 aliphatic rings. The molecule has 6 rings (SSSR count). The first-order valence-electron chi connectivity index (χ1n) is 17.3. The number of thiazole rings is 1. The SMILES string of the molecule is CC1(C)[C@H](CC(=O)/C(=N\O[C@@H](COc2ccc3c(c2)CCN(c2cn(CCCN)[n+](CC4CNC4)c2)C3=O)C(=O)O)c2csc(N)n2)C(=O)N1OS(=O)(=O)[O-]. The molecule has 2 amide bonds. The number of oxime groups is 1. The summed E-state index contributed by atoms with van der Waals surface area (Å²) in [5.74, 6) is -3.72. The molecule has 296 valence electrons. The van der Waals surface area contributed by atoms with Crippen LogP contribution in [0.15, 0.2) is 41.1 Å². The normalized spacial score (nSPS) is 19.1. The van der Waals surface area contributed by atoms with E-state index >= 15 is 0 Å². The van der Waals surface area contributed by atoms with Gasteiger partial charge in [-0.2, -0.15) is 14.0 Å². The lowest BCUT2D eigenvalue weighted by Crippen LogP contribution is -2.68. The fourth-order valence-corrected chi connectivity index (χ4v) is 7.49. The second-order valence-corrected chi connectivity index (χ2v) is 15.7. The number of aromatic nitrogens is 3. The third-order valence-electron chi connectivity index (χ3n) is 9.67. The van der Waals surface area contributed by atoms with Crippen molar-refractivity contribution in [3.8, 4) is 5.75 Å². The minimum absolute atomic E-state index is 0.0524. The van der Waals surface area contributed by atoms with Crippen LogP contribution in [0.1, 0.15) is 48.3 Å². The van der Waals surface area contributed by atoms with E-state index in [1.54, 1.807) is 23.1 Å². The number of carboxylic acid groups (broad SMARTS) is 1. The van der Waals surface area contributed by atoms with Gasteiger partial charge in [-0.25, -0.2) is 18.2 Å². The number of nitrogens with zero attached hydrogens (tertiary/aromatic N) is 6. The first-order chi connectivity index (χ1) is 26.0. The Morgan fingerprint density at radius 2 is 2.04 bits per heavy atom. The first kappa shape index (κ1) is 39.7. The number of carboxylic acids is 1. The molecule has 20 nitrogen and oxygen atoms in total. The van der Waals surface area contributed by atoms with E-state index in [4.69, 9.17) is 21.0 Å². The highest BCUT2D eigenvalue weighted by Gasteiger charge is 2.57. The number of benzene rings is 1. The zero-order valence-corrected chi connectivity index (χ0v) is 31.6. The highest BCUT2D eigenvalue weighted by molar-refractivity contribution is 7.80. The number of carbonyl (C=O) groups is 4. The molecule has 2 fully saturated rings. The molecule has 3 aromatic rings. The van der Waals surface area contributed by atoms with E-state index in [2.05, 4.69) is 29.1 Å². The van der Waals surface area contributed by atoms with Crippen molar-refractivity contribution in [2.45, 2.75) is 57.8 Å². The summed E-state index contributed by atoms with van der Waals surface area (Å²) in [5, 5.41) is 18.8. The molecule has 0 aliphatic carbocycles. The van der Waals surface area contributed by atoms with Crippen molar-refractivity contribution in [3.05, 3.63) is 52.8 Å². The Morgan fingerprint density at radius 1 is 1.27 bits per heavy atom. The van der Waals surface area contributed by atoms with E-state index in [0.29, 0.717) is 36.1 Å². The number of β-lactam (4-membered cyclic amide) rings is 1. The molecule has 3 aliphatic heterocycles. The summed E-state index contributed by atoms with van der Waals surface area (Å²) in [4.78, 5) is 63.0. The predicted octanol–water partition coefficient (Wildman–Crippen LogP) is -0.574. The lowest BCUT2D eigenvalue weighted by atomic mass is 9.74. The Balaban J connectivity index is 1.12. The van der Waals surface area contributed by atoms with Crippen molar-refractivity contribution in [3.63, 3.8) is 0 Å². The van der Waals surface area contributed by atoms with Crippen molar-refractivity contribution < 1.29 is 55.8 Å². The van der Waals surface area contributed by atoms with Crippen LogP contribution < -0.4 is 31.1 Å². The largest absolute Gasteiger partial charge is 0.724 e. The molecule has 1 aromatic carbocycles. The van der Waals surface area contributed by atoms with E-state index in [0.717, 1.165) is 55.2 Å². The van der Waals surface area contributed by atoms with Gasteiger partial charge >= 0.3 is 5.97 Å². The minimum Gasteiger partial charge on any atom is -0.724 e. The fraction of sp³-hybridized carbons (Fsp3) is 0.485. The molecule has 55 heavy (non-hydrogen) atoms. The van der Waals surface area contributed by atoms with E-state index < -0.39 is 64.4 Å². The number of hydrogen-bond donors (Lipinski definition) is 4. The number of rotatable bonds is 18. The number of aryl methyl sites for hydroxylation is 1. The number of anilines is 2. The average molecular weight is 804 g/mol.